The number of carboxylic acids is 1. The zero-order chi connectivity index (χ0) is 31.3. The third kappa shape index (κ3) is 6.30. The average molecular weight is 644 g/mol. The largest absolute Gasteiger partial charge is 0.477 e. The normalized spacial score (nSPS) is 17.1. The summed E-state index contributed by atoms with van der Waals surface area (Å²) in [4.78, 5) is 65.3. The summed E-state index contributed by atoms with van der Waals surface area (Å²) in [6.07, 6.45) is 3.55. The van der Waals surface area contributed by atoms with Gasteiger partial charge in [-0.15, -0.1) is 5.10 Å². The van der Waals surface area contributed by atoms with Gasteiger partial charge in [-0.25, -0.2) is 9.18 Å². The molecule has 1 aliphatic carbocycles. The standard InChI is InChI=1S/C24H31FN6O10P2/c25-19-10-17-20(31(16-2-3-16)14-18(22(17)32)23(33)34)11-21(19)29-8-6-28(7-9-29)12-15-13-30(27-26-15)5-1-4-24(35,42(36,37)38)43(39,40)41/h10-11,13-14,16,35H,1-9,12H2,(H,33,34)(H2,36,37,38)(H2,39,40,41). The van der Waals surface area contributed by atoms with Gasteiger partial charge in [-0.05, 0) is 31.4 Å². The number of aromatic carboxylic acids is 1. The lowest BCUT2D eigenvalue weighted by molar-refractivity contribution is 0.0694. The molecule has 5 rings (SSSR count). The van der Waals surface area contributed by atoms with Gasteiger partial charge in [-0.2, -0.15) is 0 Å². The second-order valence-corrected chi connectivity index (χ2v) is 14.8. The van der Waals surface area contributed by atoms with E-state index >= 15 is 4.39 Å². The Kier molecular flexibility index (Phi) is 8.39. The van der Waals surface area contributed by atoms with E-state index in [0.29, 0.717) is 49.6 Å². The van der Waals surface area contributed by atoms with Gasteiger partial charge in [0.1, 0.15) is 11.4 Å². The van der Waals surface area contributed by atoms with E-state index in [9.17, 15) is 48.5 Å². The number of rotatable bonds is 11. The van der Waals surface area contributed by atoms with Crippen LogP contribution >= 0.6 is 15.2 Å². The first-order valence-electron chi connectivity index (χ1n) is 13.4. The highest BCUT2D eigenvalue weighted by atomic mass is 31.2. The minimum atomic E-state index is -5.53. The minimum absolute atomic E-state index is 0.00970. The molecule has 6 N–H and O–H groups in total. The van der Waals surface area contributed by atoms with Crippen molar-refractivity contribution < 1.29 is 48.1 Å². The number of aliphatic hydroxyl groups is 1. The molecule has 2 fully saturated rings. The fourth-order valence-electron chi connectivity index (χ4n) is 5.24. The number of nitrogens with zero attached hydrogens (tertiary/aromatic N) is 6. The number of anilines is 1. The number of piperazine rings is 1. The van der Waals surface area contributed by atoms with Gasteiger partial charge in [-0.3, -0.25) is 23.5 Å². The molecule has 16 nitrogen and oxygen atoms in total. The second kappa shape index (κ2) is 11.5. The Labute approximate surface area is 243 Å². The molecule has 1 aliphatic heterocycles. The van der Waals surface area contributed by atoms with Crippen molar-refractivity contribution in [2.45, 2.75) is 49.9 Å². The number of hydrogen-bond acceptors (Lipinski definition) is 9. The number of fused-ring (bicyclic) bond motifs is 1. The van der Waals surface area contributed by atoms with Crippen LogP contribution in [0.5, 0.6) is 0 Å². The molecule has 0 bridgehead atoms. The number of carboxylic acid groups (broad SMARTS) is 1. The quantitative estimate of drug-likeness (QED) is 0.159. The predicted octanol–water partition coefficient (Wildman–Crippen LogP) is 0.869. The van der Waals surface area contributed by atoms with Crippen LogP contribution in [0.1, 0.15) is 47.8 Å². The number of hydrogen-bond donors (Lipinski definition) is 6. The van der Waals surface area contributed by atoms with Crippen LogP contribution in [0.3, 0.4) is 0 Å². The summed E-state index contributed by atoms with van der Waals surface area (Å²) >= 11 is 0. The van der Waals surface area contributed by atoms with E-state index in [1.165, 1.54) is 10.9 Å². The lowest BCUT2D eigenvalue weighted by atomic mass is 10.1. The molecule has 2 aliphatic rings. The highest BCUT2D eigenvalue weighted by Gasteiger charge is 2.58. The van der Waals surface area contributed by atoms with E-state index in [1.807, 2.05) is 4.90 Å². The predicted molar refractivity (Wildman–Crippen MR) is 149 cm³/mol. The van der Waals surface area contributed by atoms with Gasteiger partial charge in [0, 0.05) is 69.5 Å². The van der Waals surface area contributed by atoms with Crippen LogP contribution in [0.25, 0.3) is 10.9 Å². The van der Waals surface area contributed by atoms with Crippen molar-refractivity contribution in [2.75, 3.05) is 31.1 Å². The van der Waals surface area contributed by atoms with Crippen molar-refractivity contribution in [2.24, 2.45) is 0 Å². The lowest BCUT2D eigenvalue weighted by Crippen LogP contribution is -2.46. The van der Waals surface area contributed by atoms with Crippen molar-refractivity contribution in [1.29, 1.82) is 0 Å². The molecule has 43 heavy (non-hydrogen) atoms. The molecule has 0 spiro atoms. The maximum atomic E-state index is 15.2. The lowest BCUT2D eigenvalue weighted by Gasteiger charge is -2.36. The monoisotopic (exact) mass is 644 g/mol. The zero-order valence-electron chi connectivity index (χ0n) is 22.7. The highest BCUT2D eigenvalue weighted by molar-refractivity contribution is 7.72. The minimum Gasteiger partial charge on any atom is -0.477 e. The first-order valence-corrected chi connectivity index (χ1v) is 16.6. The number of aryl methyl sites for hydroxylation is 1. The Morgan fingerprint density at radius 1 is 1.05 bits per heavy atom. The molecular formula is C24H31FN6O10P2. The molecule has 1 aromatic carbocycles. The van der Waals surface area contributed by atoms with Crippen LogP contribution in [0.15, 0.2) is 29.3 Å². The van der Waals surface area contributed by atoms with E-state index in [-0.39, 0.29) is 30.0 Å². The summed E-state index contributed by atoms with van der Waals surface area (Å²) in [5, 5.41) is 24.0. The Balaban J connectivity index is 1.21. The van der Waals surface area contributed by atoms with Crippen LogP contribution in [0.2, 0.25) is 0 Å². The molecule has 0 atom stereocenters. The molecule has 3 aromatic rings. The maximum absolute atomic E-state index is 15.2. The summed E-state index contributed by atoms with van der Waals surface area (Å²) in [6, 6.07) is 2.79. The Morgan fingerprint density at radius 3 is 2.28 bits per heavy atom. The van der Waals surface area contributed by atoms with Gasteiger partial charge in [0.2, 0.25) is 5.43 Å². The number of carbonyl (C=O) groups is 1. The SMILES string of the molecule is O=C(O)c1cn(C2CC2)c2cc(N3CCN(Cc4cn(CCCC(O)(P(=O)(O)O)P(=O)(O)O)nn4)CC3)c(F)cc2c1=O. The molecule has 1 saturated carbocycles. The molecule has 1 saturated heterocycles. The van der Waals surface area contributed by atoms with Crippen LogP contribution in [-0.2, 0) is 22.2 Å². The van der Waals surface area contributed by atoms with Gasteiger partial charge in [-0.1, -0.05) is 5.21 Å². The summed E-state index contributed by atoms with van der Waals surface area (Å²) in [7, 11) is -11.1. The van der Waals surface area contributed by atoms with Crippen molar-refractivity contribution >= 4 is 37.8 Å². The second-order valence-electron chi connectivity index (χ2n) is 10.8. The molecule has 234 valence electrons. The van der Waals surface area contributed by atoms with E-state index in [4.69, 9.17) is 0 Å². The van der Waals surface area contributed by atoms with Crippen LogP contribution < -0.4 is 10.3 Å². The molecule has 19 heteroatoms. The van der Waals surface area contributed by atoms with Crippen molar-refractivity contribution in [3.8, 4) is 0 Å². The van der Waals surface area contributed by atoms with Gasteiger partial charge in [0.25, 0.3) is 5.08 Å². The van der Waals surface area contributed by atoms with Crippen LogP contribution in [-0.4, -0.2) is 91.5 Å². The topological polar surface area (TPSA) is 232 Å². The summed E-state index contributed by atoms with van der Waals surface area (Å²) in [5.74, 6) is -1.97. The number of aromatic nitrogens is 4. The zero-order valence-corrected chi connectivity index (χ0v) is 24.5. The summed E-state index contributed by atoms with van der Waals surface area (Å²) in [6.45, 7) is 2.37. The highest BCUT2D eigenvalue weighted by Crippen LogP contribution is 2.69. The number of benzene rings is 1. The van der Waals surface area contributed by atoms with E-state index in [2.05, 4.69) is 15.2 Å². The van der Waals surface area contributed by atoms with Crippen LogP contribution in [0, 0.1) is 5.82 Å². The number of pyridine rings is 1. The fraction of sp³-hybridized carbons (Fsp3) is 0.500. The fourth-order valence-corrected chi connectivity index (χ4v) is 7.50. The summed E-state index contributed by atoms with van der Waals surface area (Å²) < 4.78 is 41.3. The van der Waals surface area contributed by atoms with Crippen molar-refractivity contribution in [3.05, 3.63) is 51.8 Å². The Bertz CT molecular complexity index is 1680. The smallest absolute Gasteiger partial charge is 0.369 e. The van der Waals surface area contributed by atoms with E-state index in [1.54, 1.807) is 16.8 Å². The molecule has 2 aromatic heterocycles. The van der Waals surface area contributed by atoms with Crippen LogP contribution in [0.4, 0.5) is 10.1 Å². The molecule has 0 unspecified atom stereocenters. The van der Waals surface area contributed by atoms with Gasteiger partial charge in [0.15, 0.2) is 0 Å². The molecule has 0 amide bonds. The van der Waals surface area contributed by atoms with Gasteiger partial charge < -0.3 is 39.3 Å². The summed E-state index contributed by atoms with van der Waals surface area (Å²) in [5.41, 5.74) is 0.268. The first kappa shape index (κ1) is 31.4. The van der Waals surface area contributed by atoms with Gasteiger partial charge >= 0.3 is 21.2 Å². The molecular weight excluding hydrogens is 613 g/mol. The van der Waals surface area contributed by atoms with Crippen molar-refractivity contribution in [1.82, 2.24) is 24.5 Å². The van der Waals surface area contributed by atoms with Crippen molar-refractivity contribution in [3.63, 3.8) is 0 Å². The van der Waals surface area contributed by atoms with E-state index in [0.717, 1.165) is 18.9 Å². The molecule has 3 heterocycles. The Hall–Kier alpha value is -3.01. The van der Waals surface area contributed by atoms with Gasteiger partial charge in [0.05, 0.1) is 16.9 Å². The number of halogens is 1. The third-order valence-electron chi connectivity index (χ3n) is 7.79. The molecule has 0 radical (unpaired) electrons. The first-order chi connectivity index (χ1) is 20.1. The third-order valence-corrected chi connectivity index (χ3v) is 11.7. The average Bonchev–Trinajstić information content (AvgIpc) is 3.67. The Morgan fingerprint density at radius 2 is 1.70 bits per heavy atom. The maximum Gasteiger partial charge on any atom is 0.369 e. The van der Waals surface area contributed by atoms with E-state index < -0.39 is 43.9 Å².